The molecule has 1 aliphatic heterocycles. The van der Waals surface area contributed by atoms with Crippen LogP contribution in [0.25, 0.3) is 0 Å². The van der Waals surface area contributed by atoms with Crippen molar-refractivity contribution in [1.82, 2.24) is 0 Å². The Hall–Kier alpha value is -0.0400. The van der Waals surface area contributed by atoms with Gasteiger partial charge >= 0.3 is 0 Å². The molecule has 1 heterocycles. The molecule has 0 bridgehead atoms. The largest absolute Gasteiger partial charge is 0.375 e. The highest BCUT2D eigenvalue weighted by molar-refractivity contribution is 4.67. The van der Waals surface area contributed by atoms with Gasteiger partial charge in [-0.3, -0.25) is 0 Å². The maximum absolute atomic E-state index is 5.14. The Balaban J connectivity index is 2.11. The van der Waals surface area contributed by atoms with E-state index in [4.69, 9.17) is 4.74 Å². The highest BCUT2D eigenvalue weighted by Gasteiger charge is 2.20. The van der Waals surface area contributed by atoms with Crippen molar-refractivity contribution in [1.29, 1.82) is 0 Å². The van der Waals surface area contributed by atoms with Gasteiger partial charge in [-0.2, -0.15) is 0 Å². The van der Waals surface area contributed by atoms with Gasteiger partial charge in [0.2, 0.25) is 0 Å². The third kappa shape index (κ3) is 0.548. The highest BCUT2D eigenvalue weighted by atomic mass is 16.5. The minimum absolute atomic E-state index is 0.542. The van der Waals surface area contributed by atoms with Gasteiger partial charge in [0.15, 0.2) is 0 Å². The standard InChI is InChI=1S/C5H10O/c1-4-3-5(2)6-4/h4-5H,3H2,1-2H3. The number of ether oxygens (including phenoxy) is 1. The highest BCUT2D eigenvalue weighted by Crippen LogP contribution is 2.17. The first-order valence-electron chi connectivity index (χ1n) is 2.44. The summed E-state index contributed by atoms with van der Waals surface area (Å²) in [6.07, 6.45) is 2.33. The van der Waals surface area contributed by atoms with Crippen LogP contribution in [0.1, 0.15) is 20.3 Å². The predicted molar refractivity (Wildman–Crippen MR) is 24.6 cm³/mol. The summed E-state index contributed by atoms with van der Waals surface area (Å²) in [5.74, 6) is 0. The Morgan fingerprint density at radius 1 is 1.33 bits per heavy atom. The lowest BCUT2D eigenvalue weighted by atomic mass is 10.1. The average molecular weight is 86.1 g/mol. The Bertz CT molecular complexity index is 39.9. The Labute approximate surface area is 38.3 Å². The molecule has 0 saturated carbocycles. The van der Waals surface area contributed by atoms with Gasteiger partial charge in [-0.1, -0.05) is 0 Å². The van der Waals surface area contributed by atoms with Crippen LogP contribution in [0.15, 0.2) is 0 Å². The van der Waals surface area contributed by atoms with Crippen LogP contribution in [0.2, 0.25) is 0 Å². The summed E-state index contributed by atoms with van der Waals surface area (Å²) in [7, 11) is 0. The number of hydrogen-bond acceptors (Lipinski definition) is 1. The van der Waals surface area contributed by atoms with Crippen LogP contribution >= 0.6 is 0 Å². The van der Waals surface area contributed by atoms with Crippen LogP contribution in [0.5, 0.6) is 0 Å². The van der Waals surface area contributed by atoms with E-state index in [-0.39, 0.29) is 0 Å². The van der Waals surface area contributed by atoms with E-state index in [0.29, 0.717) is 12.2 Å². The summed E-state index contributed by atoms with van der Waals surface area (Å²) in [5.41, 5.74) is 0. The van der Waals surface area contributed by atoms with Crippen molar-refractivity contribution in [3.63, 3.8) is 0 Å². The maximum atomic E-state index is 5.14. The van der Waals surface area contributed by atoms with Gasteiger partial charge in [0, 0.05) is 0 Å². The number of hydrogen-bond donors (Lipinski definition) is 0. The van der Waals surface area contributed by atoms with E-state index in [2.05, 4.69) is 13.8 Å². The van der Waals surface area contributed by atoms with Crippen molar-refractivity contribution in [2.75, 3.05) is 0 Å². The summed E-state index contributed by atoms with van der Waals surface area (Å²) in [4.78, 5) is 0. The van der Waals surface area contributed by atoms with Crippen LogP contribution in [0, 0.1) is 0 Å². The van der Waals surface area contributed by atoms with Crippen molar-refractivity contribution < 1.29 is 4.74 Å². The molecule has 0 aliphatic carbocycles. The quantitative estimate of drug-likeness (QED) is 0.430. The van der Waals surface area contributed by atoms with Crippen molar-refractivity contribution in [3.05, 3.63) is 0 Å². The van der Waals surface area contributed by atoms with Crippen LogP contribution in [-0.4, -0.2) is 12.2 Å². The Kier molecular flexibility index (Phi) is 0.845. The lowest BCUT2D eigenvalue weighted by Gasteiger charge is -2.30. The smallest absolute Gasteiger partial charge is 0.0575 e. The molecule has 0 amide bonds. The molecule has 2 atom stereocenters. The first-order valence-corrected chi connectivity index (χ1v) is 2.44. The fraction of sp³-hybridized carbons (Fsp3) is 1.00. The van der Waals surface area contributed by atoms with Crippen LogP contribution < -0.4 is 0 Å². The third-order valence-electron chi connectivity index (χ3n) is 1.13. The molecule has 0 spiro atoms. The molecule has 0 N–H and O–H groups in total. The summed E-state index contributed by atoms with van der Waals surface area (Å²) in [6, 6.07) is 0. The number of rotatable bonds is 0. The molecule has 0 radical (unpaired) electrons. The summed E-state index contributed by atoms with van der Waals surface area (Å²) in [5, 5.41) is 0. The molecule has 1 fully saturated rings. The summed E-state index contributed by atoms with van der Waals surface area (Å²) in [6.45, 7) is 4.19. The van der Waals surface area contributed by atoms with Gasteiger partial charge in [0.05, 0.1) is 12.2 Å². The van der Waals surface area contributed by atoms with Crippen LogP contribution in [0.4, 0.5) is 0 Å². The van der Waals surface area contributed by atoms with E-state index in [1.165, 1.54) is 6.42 Å². The zero-order chi connectivity index (χ0) is 4.57. The fourth-order valence-corrected chi connectivity index (χ4v) is 0.853. The molecule has 1 heteroatoms. The second-order valence-corrected chi connectivity index (χ2v) is 1.99. The van der Waals surface area contributed by atoms with Gasteiger partial charge in [0.25, 0.3) is 0 Å². The molecule has 1 rings (SSSR count). The molecule has 1 saturated heterocycles. The van der Waals surface area contributed by atoms with Crippen LogP contribution in [-0.2, 0) is 4.74 Å². The van der Waals surface area contributed by atoms with E-state index < -0.39 is 0 Å². The van der Waals surface area contributed by atoms with E-state index in [9.17, 15) is 0 Å². The molecular formula is C5H10O. The summed E-state index contributed by atoms with van der Waals surface area (Å²) >= 11 is 0. The molecule has 1 nitrogen and oxygen atoms in total. The Morgan fingerprint density at radius 2 is 1.67 bits per heavy atom. The molecule has 0 aromatic heterocycles. The van der Waals surface area contributed by atoms with Gasteiger partial charge in [-0.15, -0.1) is 0 Å². The van der Waals surface area contributed by atoms with Crippen molar-refractivity contribution >= 4 is 0 Å². The topological polar surface area (TPSA) is 9.23 Å². The molecular weight excluding hydrogens is 76.1 g/mol. The summed E-state index contributed by atoms with van der Waals surface area (Å²) < 4.78 is 5.14. The average Bonchev–Trinajstić information content (AvgIpc) is 1.33. The van der Waals surface area contributed by atoms with Gasteiger partial charge < -0.3 is 4.74 Å². The zero-order valence-corrected chi connectivity index (χ0v) is 4.27. The second-order valence-electron chi connectivity index (χ2n) is 1.99. The van der Waals surface area contributed by atoms with E-state index in [1.54, 1.807) is 0 Å². The fourth-order valence-electron chi connectivity index (χ4n) is 0.853. The molecule has 2 unspecified atom stereocenters. The predicted octanol–water partition coefficient (Wildman–Crippen LogP) is 1.18. The van der Waals surface area contributed by atoms with Gasteiger partial charge in [-0.05, 0) is 20.3 Å². The van der Waals surface area contributed by atoms with Crippen LogP contribution in [0.3, 0.4) is 0 Å². The van der Waals surface area contributed by atoms with Crippen molar-refractivity contribution in [2.24, 2.45) is 0 Å². The monoisotopic (exact) mass is 86.1 g/mol. The molecule has 0 aromatic rings. The molecule has 1 aliphatic rings. The maximum Gasteiger partial charge on any atom is 0.0575 e. The molecule has 6 heavy (non-hydrogen) atoms. The lowest BCUT2D eigenvalue weighted by Crippen LogP contribution is -2.31. The van der Waals surface area contributed by atoms with E-state index in [1.807, 2.05) is 0 Å². The zero-order valence-electron chi connectivity index (χ0n) is 4.27. The van der Waals surface area contributed by atoms with Crippen molar-refractivity contribution in [2.45, 2.75) is 32.5 Å². The van der Waals surface area contributed by atoms with Gasteiger partial charge in [-0.25, -0.2) is 0 Å². The normalized spacial score (nSPS) is 45.0. The van der Waals surface area contributed by atoms with E-state index >= 15 is 0 Å². The Morgan fingerprint density at radius 3 is 1.67 bits per heavy atom. The first-order chi connectivity index (χ1) is 2.79. The van der Waals surface area contributed by atoms with Gasteiger partial charge in [0.1, 0.15) is 0 Å². The van der Waals surface area contributed by atoms with Crippen molar-refractivity contribution in [3.8, 4) is 0 Å². The SMILES string of the molecule is CC1CC(C)O1. The lowest BCUT2D eigenvalue weighted by molar-refractivity contribution is -0.102. The minimum Gasteiger partial charge on any atom is -0.375 e. The molecule has 0 aromatic carbocycles. The third-order valence-corrected chi connectivity index (χ3v) is 1.13. The molecule has 36 valence electrons. The first kappa shape index (κ1) is 4.13. The second kappa shape index (κ2) is 1.23. The van der Waals surface area contributed by atoms with E-state index in [0.717, 1.165) is 0 Å². The minimum atomic E-state index is 0.542.